The third-order valence-electron chi connectivity index (χ3n) is 6.71. The number of amides is 1. The number of carbonyl (C=O) groups excluding carboxylic acids is 1. The van der Waals surface area contributed by atoms with E-state index in [2.05, 4.69) is 22.3 Å². The topological polar surface area (TPSA) is 50.8 Å². The number of nitrogens with one attached hydrogen (secondary N) is 1. The van der Waals surface area contributed by atoms with Crippen LogP contribution in [0.5, 0.6) is 5.75 Å². The summed E-state index contributed by atoms with van der Waals surface area (Å²) in [4.78, 5) is 15.9. The number of hydrogen-bond acceptors (Lipinski definition) is 4. The SMILES string of the molecule is COc1ccc(C(CNC(=O)C2(c3cccc(F)c3)CCCC2)N2CCOCC2)cc1. The summed E-state index contributed by atoms with van der Waals surface area (Å²) in [7, 11) is 1.65. The number of ether oxygens (including phenoxy) is 2. The van der Waals surface area contributed by atoms with Crippen LogP contribution in [0.3, 0.4) is 0 Å². The number of carbonyl (C=O) groups is 1. The molecule has 1 saturated heterocycles. The first kappa shape index (κ1) is 21.8. The van der Waals surface area contributed by atoms with Gasteiger partial charge in [-0.1, -0.05) is 37.1 Å². The Bertz CT molecular complexity index is 875. The monoisotopic (exact) mass is 426 g/mol. The van der Waals surface area contributed by atoms with Crippen molar-refractivity contribution < 1.29 is 18.7 Å². The van der Waals surface area contributed by atoms with Crippen LogP contribution in [0.15, 0.2) is 48.5 Å². The van der Waals surface area contributed by atoms with Gasteiger partial charge in [-0.15, -0.1) is 0 Å². The average molecular weight is 427 g/mol. The highest BCUT2D eigenvalue weighted by Crippen LogP contribution is 2.41. The summed E-state index contributed by atoms with van der Waals surface area (Å²) in [5.74, 6) is 0.521. The fourth-order valence-corrected chi connectivity index (χ4v) is 4.94. The Hall–Kier alpha value is -2.44. The van der Waals surface area contributed by atoms with E-state index in [1.54, 1.807) is 13.2 Å². The first-order valence-electron chi connectivity index (χ1n) is 11.1. The van der Waals surface area contributed by atoms with Crippen LogP contribution in [0.2, 0.25) is 0 Å². The molecule has 0 radical (unpaired) electrons. The van der Waals surface area contributed by atoms with E-state index in [4.69, 9.17) is 9.47 Å². The molecule has 1 atom stereocenters. The Morgan fingerprint density at radius 3 is 2.52 bits per heavy atom. The smallest absolute Gasteiger partial charge is 0.230 e. The van der Waals surface area contributed by atoms with Crippen LogP contribution >= 0.6 is 0 Å². The van der Waals surface area contributed by atoms with Crippen LogP contribution < -0.4 is 10.1 Å². The Morgan fingerprint density at radius 1 is 1.16 bits per heavy atom. The molecule has 31 heavy (non-hydrogen) atoms. The standard InChI is InChI=1S/C25H31FN2O3/c1-30-22-9-7-19(8-10-22)23(28-13-15-31-16-14-28)18-27-24(29)25(11-2-3-12-25)20-5-4-6-21(26)17-20/h4-10,17,23H,2-3,11-16,18H2,1H3,(H,27,29). The van der Waals surface area contributed by atoms with Crippen molar-refractivity contribution >= 4 is 5.91 Å². The highest BCUT2D eigenvalue weighted by Gasteiger charge is 2.43. The van der Waals surface area contributed by atoms with Crippen molar-refractivity contribution in [2.75, 3.05) is 40.0 Å². The molecule has 4 rings (SSSR count). The molecule has 166 valence electrons. The van der Waals surface area contributed by atoms with Crippen LogP contribution in [-0.4, -0.2) is 50.8 Å². The number of hydrogen-bond donors (Lipinski definition) is 1. The van der Waals surface area contributed by atoms with Crippen LogP contribution in [0.25, 0.3) is 0 Å². The van der Waals surface area contributed by atoms with Gasteiger partial charge in [-0.2, -0.15) is 0 Å². The molecule has 0 spiro atoms. The van der Waals surface area contributed by atoms with Gasteiger partial charge in [0.15, 0.2) is 0 Å². The highest BCUT2D eigenvalue weighted by atomic mass is 19.1. The summed E-state index contributed by atoms with van der Waals surface area (Å²) in [5, 5.41) is 3.23. The maximum absolute atomic E-state index is 13.9. The second-order valence-corrected chi connectivity index (χ2v) is 8.45. The number of nitrogens with zero attached hydrogens (tertiary/aromatic N) is 1. The predicted octanol–water partition coefficient (Wildman–Crippen LogP) is 3.84. The molecule has 1 amide bonds. The molecular formula is C25H31FN2O3. The normalized spacial score (nSPS) is 19.7. The van der Waals surface area contributed by atoms with Gasteiger partial charge in [0.2, 0.25) is 5.91 Å². The lowest BCUT2D eigenvalue weighted by molar-refractivity contribution is -0.127. The molecule has 1 aliphatic heterocycles. The van der Waals surface area contributed by atoms with E-state index in [9.17, 15) is 9.18 Å². The van der Waals surface area contributed by atoms with E-state index < -0.39 is 5.41 Å². The summed E-state index contributed by atoms with van der Waals surface area (Å²) in [6, 6.07) is 14.6. The van der Waals surface area contributed by atoms with Crippen LogP contribution in [0.4, 0.5) is 4.39 Å². The molecule has 1 heterocycles. The predicted molar refractivity (Wildman–Crippen MR) is 118 cm³/mol. The highest BCUT2D eigenvalue weighted by molar-refractivity contribution is 5.88. The lowest BCUT2D eigenvalue weighted by atomic mass is 9.78. The van der Waals surface area contributed by atoms with Gasteiger partial charge in [0.05, 0.1) is 31.8 Å². The van der Waals surface area contributed by atoms with Gasteiger partial charge in [-0.25, -0.2) is 4.39 Å². The van der Waals surface area contributed by atoms with Crippen molar-refractivity contribution in [1.29, 1.82) is 0 Å². The minimum Gasteiger partial charge on any atom is -0.497 e. The molecule has 5 nitrogen and oxygen atoms in total. The van der Waals surface area contributed by atoms with Crippen molar-refractivity contribution in [3.05, 3.63) is 65.5 Å². The van der Waals surface area contributed by atoms with Crippen LogP contribution in [0.1, 0.15) is 42.9 Å². The van der Waals surface area contributed by atoms with Gasteiger partial charge in [0.1, 0.15) is 11.6 Å². The third kappa shape index (κ3) is 4.75. The summed E-state index contributed by atoms with van der Waals surface area (Å²) in [6.45, 7) is 3.52. The van der Waals surface area contributed by atoms with E-state index in [1.807, 2.05) is 18.2 Å². The molecule has 1 N–H and O–H groups in total. The summed E-state index contributed by atoms with van der Waals surface area (Å²) >= 11 is 0. The van der Waals surface area contributed by atoms with E-state index in [0.717, 1.165) is 55.6 Å². The fraction of sp³-hybridized carbons (Fsp3) is 0.480. The molecule has 0 bridgehead atoms. The molecule has 0 aromatic heterocycles. The minimum absolute atomic E-state index is 0.00220. The van der Waals surface area contributed by atoms with Crippen molar-refractivity contribution in [3.63, 3.8) is 0 Å². The quantitative estimate of drug-likeness (QED) is 0.731. The molecule has 2 fully saturated rings. The average Bonchev–Trinajstić information content (AvgIpc) is 3.32. The maximum Gasteiger partial charge on any atom is 0.230 e. The number of halogens is 1. The molecule has 2 aromatic rings. The Kier molecular flexibility index (Phi) is 6.88. The van der Waals surface area contributed by atoms with Gasteiger partial charge in [-0.3, -0.25) is 9.69 Å². The summed E-state index contributed by atoms with van der Waals surface area (Å²) < 4.78 is 24.8. The fourth-order valence-electron chi connectivity index (χ4n) is 4.94. The van der Waals surface area contributed by atoms with Crippen molar-refractivity contribution in [2.45, 2.75) is 37.1 Å². The van der Waals surface area contributed by atoms with E-state index >= 15 is 0 Å². The molecule has 2 aliphatic rings. The van der Waals surface area contributed by atoms with Crippen LogP contribution in [0, 0.1) is 5.82 Å². The minimum atomic E-state index is -0.641. The number of methoxy groups -OCH3 is 1. The number of morpholine rings is 1. The Balaban J connectivity index is 1.54. The summed E-state index contributed by atoms with van der Waals surface area (Å²) in [5.41, 5.74) is 1.28. The number of rotatable bonds is 7. The molecule has 2 aromatic carbocycles. The zero-order chi connectivity index (χ0) is 21.7. The number of benzene rings is 2. The molecule has 1 unspecified atom stereocenters. The zero-order valence-electron chi connectivity index (χ0n) is 18.1. The lowest BCUT2D eigenvalue weighted by Gasteiger charge is -2.36. The third-order valence-corrected chi connectivity index (χ3v) is 6.71. The lowest BCUT2D eigenvalue weighted by Crippen LogP contribution is -2.48. The first-order chi connectivity index (χ1) is 15.1. The maximum atomic E-state index is 13.9. The van der Waals surface area contributed by atoms with Gasteiger partial charge >= 0.3 is 0 Å². The first-order valence-corrected chi connectivity index (χ1v) is 11.1. The van der Waals surface area contributed by atoms with Crippen LogP contribution in [-0.2, 0) is 14.9 Å². The largest absolute Gasteiger partial charge is 0.497 e. The summed E-state index contributed by atoms with van der Waals surface area (Å²) in [6.07, 6.45) is 3.48. The van der Waals surface area contributed by atoms with E-state index in [0.29, 0.717) is 19.8 Å². The molecular weight excluding hydrogens is 395 g/mol. The molecule has 1 aliphatic carbocycles. The van der Waals surface area contributed by atoms with Crippen molar-refractivity contribution in [2.24, 2.45) is 0 Å². The van der Waals surface area contributed by atoms with E-state index in [1.165, 1.54) is 12.1 Å². The van der Waals surface area contributed by atoms with Gasteiger partial charge in [0.25, 0.3) is 0 Å². The van der Waals surface area contributed by atoms with Gasteiger partial charge in [-0.05, 0) is 48.2 Å². The Labute approximate surface area is 183 Å². The van der Waals surface area contributed by atoms with Gasteiger partial charge < -0.3 is 14.8 Å². The van der Waals surface area contributed by atoms with Crippen molar-refractivity contribution in [3.8, 4) is 5.75 Å². The van der Waals surface area contributed by atoms with E-state index in [-0.39, 0.29) is 17.8 Å². The second-order valence-electron chi connectivity index (χ2n) is 8.45. The molecule has 6 heteroatoms. The van der Waals surface area contributed by atoms with Gasteiger partial charge in [0, 0.05) is 19.6 Å². The van der Waals surface area contributed by atoms with Crippen molar-refractivity contribution in [1.82, 2.24) is 10.2 Å². The molecule has 1 saturated carbocycles. The second kappa shape index (κ2) is 9.79. The Morgan fingerprint density at radius 2 is 1.87 bits per heavy atom. The zero-order valence-corrected chi connectivity index (χ0v) is 18.1.